The number of nitrogens with two attached hydrogens (primary N) is 2. The molecule has 19 heavy (non-hydrogen) atoms. The van der Waals surface area contributed by atoms with Crippen molar-refractivity contribution in [3.8, 4) is 0 Å². The van der Waals surface area contributed by atoms with Gasteiger partial charge in [0, 0.05) is 22.5 Å². The summed E-state index contributed by atoms with van der Waals surface area (Å²) in [7, 11) is -3.76. The van der Waals surface area contributed by atoms with E-state index in [4.69, 9.17) is 11.5 Å². The molecule has 0 atom stereocenters. The van der Waals surface area contributed by atoms with E-state index in [1.807, 2.05) is 0 Å². The maximum Gasteiger partial charge on any atom is 0.208 e. The zero-order chi connectivity index (χ0) is 13.8. The van der Waals surface area contributed by atoms with Crippen molar-refractivity contribution >= 4 is 27.0 Å². The van der Waals surface area contributed by atoms with Crippen molar-refractivity contribution in [3.63, 3.8) is 0 Å². The topological polar surface area (TPSA) is 103 Å². The van der Waals surface area contributed by atoms with Gasteiger partial charge in [-0.05, 0) is 36.4 Å². The first-order valence-electron chi connectivity index (χ1n) is 5.50. The van der Waals surface area contributed by atoms with Crippen LogP contribution in [-0.4, -0.2) is 14.2 Å². The first-order valence-corrected chi connectivity index (χ1v) is 6.98. The summed E-state index contributed by atoms with van der Waals surface area (Å²) in [6.45, 7) is 0. The average Bonchev–Trinajstić information content (AvgIpc) is 2.36. The van der Waals surface area contributed by atoms with E-state index in [1.165, 1.54) is 36.4 Å². The molecule has 2 aromatic carbocycles. The van der Waals surface area contributed by atoms with Gasteiger partial charge in [0.15, 0.2) is 5.78 Å². The van der Waals surface area contributed by atoms with Crippen LogP contribution in [0.5, 0.6) is 0 Å². The number of rotatable bonds is 0. The molecule has 1 aliphatic rings. The summed E-state index contributed by atoms with van der Waals surface area (Å²) in [5.41, 5.74) is 12.1. The lowest BCUT2D eigenvalue weighted by atomic mass is 10.0. The maximum atomic E-state index is 12.5. The molecular weight excluding hydrogens is 264 g/mol. The molecule has 1 heterocycles. The highest BCUT2D eigenvalue weighted by molar-refractivity contribution is 7.91. The molecule has 1 aliphatic heterocycles. The lowest BCUT2D eigenvalue weighted by Crippen LogP contribution is -2.20. The molecule has 0 bridgehead atoms. The molecule has 0 amide bonds. The minimum atomic E-state index is -3.76. The van der Waals surface area contributed by atoms with Crippen LogP contribution in [0.15, 0.2) is 46.2 Å². The van der Waals surface area contributed by atoms with Crippen molar-refractivity contribution in [1.82, 2.24) is 0 Å². The molecule has 96 valence electrons. The summed E-state index contributed by atoms with van der Waals surface area (Å²) in [6, 6.07) is 8.49. The third-order valence-corrected chi connectivity index (χ3v) is 4.91. The van der Waals surface area contributed by atoms with Crippen molar-refractivity contribution in [2.24, 2.45) is 0 Å². The molecule has 0 radical (unpaired) electrons. The quantitative estimate of drug-likeness (QED) is 0.600. The summed E-state index contributed by atoms with van der Waals surface area (Å²) in [6.07, 6.45) is 0. The van der Waals surface area contributed by atoms with Crippen LogP contribution in [0.3, 0.4) is 0 Å². The molecular formula is C13H10N2O3S. The Bertz CT molecular complexity index is 764. The molecule has 0 saturated heterocycles. The SMILES string of the molecule is Nc1ccc2c(c1)S(=O)(=O)c1cc(N)ccc1C2=O. The van der Waals surface area contributed by atoms with Gasteiger partial charge in [-0.25, -0.2) is 8.42 Å². The van der Waals surface area contributed by atoms with Gasteiger partial charge in [-0.2, -0.15) is 0 Å². The van der Waals surface area contributed by atoms with Gasteiger partial charge in [-0.15, -0.1) is 0 Å². The van der Waals surface area contributed by atoms with Gasteiger partial charge >= 0.3 is 0 Å². The Morgan fingerprint density at radius 2 is 1.21 bits per heavy atom. The number of hydrogen-bond donors (Lipinski definition) is 2. The van der Waals surface area contributed by atoms with Crippen LogP contribution >= 0.6 is 0 Å². The van der Waals surface area contributed by atoms with Crippen LogP contribution in [0.1, 0.15) is 15.9 Å². The van der Waals surface area contributed by atoms with Gasteiger partial charge in [0.25, 0.3) is 0 Å². The van der Waals surface area contributed by atoms with Crippen molar-refractivity contribution in [1.29, 1.82) is 0 Å². The smallest absolute Gasteiger partial charge is 0.208 e. The minimum absolute atomic E-state index is 0.0596. The molecule has 0 aromatic heterocycles. The van der Waals surface area contributed by atoms with Crippen LogP contribution in [0, 0.1) is 0 Å². The second kappa shape index (κ2) is 3.58. The number of sulfone groups is 1. The highest BCUT2D eigenvalue weighted by atomic mass is 32.2. The number of carbonyl (C=O) groups excluding carboxylic acids is 1. The van der Waals surface area contributed by atoms with Crippen LogP contribution in [0.25, 0.3) is 0 Å². The van der Waals surface area contributed by atoms with E-state index < -0.39 is 9.84 Å². The number of carbonyl (C=O) groups is 1. The number of hydrogen-bond acceptors (Lipinski definition) is 5. The first kappa shape index (κ1) is 11.7. The fourth-order valence-electron chi connectivity index (χ4n) is 2.16. The van der Waals surface area contributed by atoms with Gasteiger partial charge < -0.3 is 11.5 Å². The molecule has 0 saturated carbocycles. The van der Waals surface area contributed by atoms with Crippen molar-refractivity contribution in [3.05, 3.63) is 47.5 Å². The monoisotopic (exact) mass is 274 g/mol. The van der Waals surface area contributed by atoms with Crippen molar-refractivity contribution in [2.45, 2.75) is 9.79 Å². The predicted octanol–water partition coefficient (Wildman–Crippen LogP) is 1.23. The maximum absolute atomic E-state index is 12.5. The highest BCUT2D eigenvalue weighted by Crippen LogP contribution is 2.36. The van der Waals surface area contributed by atoms with Crippen LogP contribution in [-0.2, 0) is 9.84 Å². The number of benzene rings is 2. The Hall–Kier alpha value is -2.34. The molecule has 0 unspecified atom stereocenters. The number of anilines is 2. The Kier molecular flexibility index (Phi) is 2.21. The summed E-state index contributed by atoms with van der Waals surface area (Å²) in [5.74, 6) is -0.333. The van der Waals surface area contributed by atoms with E-state index in [0.717, 1.165) is 0 Å². The Morgan fingerprint density at radius 1 is 0.789 bits per heavy atom. The molecule has 6 heteroatoms. The number of ketones is 1. The molecule has 0 fully saturated rings. The third kappa shape index (κ3) is 1.53. The standard InChI is InChI=1S/C13H10N2O3S/c14-7-1-3-9-11(5-7)19(17,18)12-6-8(15)2-4-10(12)13(9)16/h1-6H,14-15H2. The molecule has 0 spiro atoms. The number of nitrogen functional groups attached to an aromatic ring is 2. The normalized spacial score (nSPS) is 15.7. The number of fused-ring (bicyclic) bond motifs is 2. The van der Waals surface area contributed by atoms with Crippen molar-refractivity contribution in [2.75, 3.05) is 11.5 Å². The van der Waals surface area contributed by atoms with E-state index >= 15 is 0 Å². The Morgan fingerprint density at radius 3 is 1.63 bits per heavy atom. The molecule has 0 aliphatic carbocycles. The fourth-order valence-corrected chi connectivity index (χ4v) is 3.88. The second-order valence-electron chi connectivity index (χ2n) is 4.34. The van der Waals surface area contributed by atoms with E-state index in [2.05, 4.69) is 0 Å². The average molecular weight is 274 g/mol. The molecule has 3 rings (SSSR count). The lowest BCUT2D eigenvalue weighted by molar-refractivity contribution is 0.103. The third-order valence-electron chi connectivity index (χ3n) is 3.08. The van der Waals surface area contributed by atoms with Crippen LogP contribution in [0.4, 0.5) is 11.4 Å². The van der Waals surface area contributed by atoms with Gasteiger partial charge in [0.05, 0.1) is 9.79 Å². The Balaban J connectivity index is 2.44. The lowest BCUT2D eigenvalue weighted by Gasteiger charge is -2.19. The van der Waals surface area contributed by atoms with Gasteiger partial charge in [0.2, 0.25) is 9.84 Å². The predicted molar refractivity (Wildman–Crippen MR) is 70.6 cm³/mol. The first-order chi connectivity index (χ1) is 8.91. The van der Waals surface area contributed by atoms with E-state index in [9.17, 15) is 13.2 Å². The van der Waals surface area contributed by atoms with Gasteiger partial charge in [0.1, 0.15) is 0 Å². The van der Waals surface area contributed by atoms with E-state index in [-0.39, 0.29) is 26.7 Å². The zero-order valence-electron chi connectivity index (χ0n) is 9.75. The fraction of sp³-hybridized carbons (Fsp3) is 0. The van der Waals surface area contributed by atoms with Crippen LogP contribution in [0.2, 0.25) is 0 Å². The van der Waals surface area contributed by atoms with E-state index in [0.29, 0.717) is 11.4 Å². The molecule has 4 N–H and O–H groups in total. The van der Waals surface area contributed by atoms with Gasteiger partial charge in [-0.3, -0.25) is 4.79 Å². The summed E-state index contributed by atoms with van der Waals surface area (Å²) in [4.78, 5) is 12.2. The van der Waals surface area contributed by atoms with Crippen LogP contribution < -0.4 is 11.5 Å². The minimum Gasteiger partial charge on any atom is -0.399 e. The molecule has 2 aromatic rings. The zero-order valence-corrected chi connectivity index (χ0v) is 10.6. The highest BCUT2D eigenvalue weighted by Gasteiger charge is 2.34. The van der Waals surface area contributed by atoms with Crippen molar-refractivity contribution < 1.29 is 13.2 Å². The Labute approximate surface area is 109 Å². The van der Waals surface area contributed by atoms with Gasteiger partial charge in [-0.1, -0.05) is 0 Å². The largest absolute Gasteiger partial charge is 0.399 e. The summed E-state index contributed by atoms with van der Waals surface area (Å²) in [5, 5.41) is 0. The summed E-state index contributed by atoms with van der Waals surface area (Å²) < 4.78 is 25.0. The molecule has 5 nitrogen and oxygen atoms in total. The summed E-state index contributed by atoms with van der Waals surface area (Å²) >= 11 is 0. The van der Waals surface area contributed by atoms with E-state index in [1.54, 1.807) is 0 Å². The second-order valence-corrected chi connectivity index (χ2v) is 6.23.